The third-order valence-electron chi connectivity index (χ3n) is 1.51. The van der Waals surface area contributed by atoms with Crippen LogP contribution < -0.4 is 12.4 Å². The summed E-state index contributed by atoms with van der Waals surface area (Å²) in [5, 5.41) is 0. The number of hydrogen-bond donors (Lipinski definition) is 0. The molecule has 10 heavy (non-hydrogen) atoms. The first kappa shape index (κ1) is 9.72. The first-order valence-electron chi connectivity index (χ1n) is 3.06. The zero-order chi connectivity index (χ0) is 7.07. The molecule has 0 aromatic heterocycles. The molecular formula is C6H12ClNO2. The highest BCUT2D eigenvalue weighted by Crippen LogP contribution is 2.14. The maximum absolute atomic E-state index is 10.9. The van der Waals surface area contributed by atoms with Gasteiger partial charge in [0.1, 0.15) is 6.54 Å². The number of likely N-dealkylation sites (N-methyl/N-ethyl adjacent to an activating group) is 1. The van der Waals surface area contributed by atoms with Crippen LogP contribution in [0.25, 0.3) is 0 Å². The third kappa shape index (κ3) is 1.61. The Bertz CT molecular complexity index is 147. The Balaban J connectivity index is 0.000000810. The number of quaternary nitrogens is 1. The Morgan fingerprint density at radius 2 is 2.10 bits per heavy atom. The van der Waals surface area contributed by atoms with Gasteiger partial charge in [-0.2, -0.15) is 4.79 Å². The molecule has 0 aromatic rings. The van der Waals surface area contributed by atoms with E-state index in [4.69, 9.17) is 4.74 Å². The predicted octanol–water partition coefficient (Wildman–Crippen LogP) is -2.39. The molecule has 0 N–H and O–H groups in total. The lowest BCUT2D eigenvalue weighted by Gasteiger charge is -2.14. The Labute approximate surface area is 67.0 Å². The highest BCUT2D eigenvalue weighted by Gasteiger charge is 2.39. The van der Waals surface area contributed by atoms with Crippen LogP contribution in [0.3, 0.4) is 0 Å². The van der Waals surface area contributed by atoms with E-state index in [1.54, 1.807) is 0 Å². The van der Waals surface area contributed by atoms with Crippen LogP contribution >= 0.6 is 0 Å². The highest BCUT2D eigenvalue weighted by atomic mass is 35.5. The van der Waals surface area contributed by atoms with E-state index in [2.05, 4.69) is 0 Å². The van der Waals surface area contributed by atoms with Gasteiger partial charge in [-0.1, -0.05) is 0 Å². The van der Waals surface area contributed by atoms with E-state index in [9.17, 15) is 4.79 Å². The Morgan fingerprint density at radius 1 is 1.60 bits per heavy atom. The summed E-state index contributed by atoms with van der Waals surface area (Å²) in [6.45, 7) is 2.70. The maximum atomic E-state index is 10.9. The predicted molar refractivity (Wildman–Crippen MR) is 32.9 cm³/mol. The minimum atomic E-state index is -0.123. The average molecular weight is 166 g/mol. The fourth-order valence-electron chi connectivity index (χ4n) is 1.07. The molecule has 1 aliphatic heterocycles. The fraction of sp³-hybridized carbons (Fsp3) is 0.833. The van der Waals surface area contributed by atoms with Crippen LogP contribution in [0.1, 0.15) is 6.92 Å². The van der Waals surface area contributed by atoms with Crippen molar-refractivity contribution in [3.8, 4) is 0 Å². The normalized spacial score (nSPS) is 29.1. The lowest BCUT2D eigenvalue weighted by atomic mass is 10.4. The Morgan fingerprint density at radius 3 is 2.20 bits per heavy atom. The molecular weight excluding hydrogens is 154 g/mol. The smallest absolute Gasteiger partial charge is 0.516 e. The molecule has 0 saturated carbocycles. The molecule has 1 aliphatic rings. The number of carbonyl (C=O) groups is 1. The maximum Gasteiger partial charge on any atom is 0.516 e. The quantitative estimate of drug-likeness (QED) is 0.375. The van der Waals surface area contributed by atoms with Gasteiger partial charge in [0.25, 0.3) is 0 Å². The van der Waals surface area contributed by atoms with E-state index >= 15 is 0 Å². The summed E-state index contributed by atoms with van der Waals surface area (Å²) in [5.41, 5.74) is 0. The van der Waals surface area contributed by atoms with Crippen LogP contribution in [0, 0.1) is 0 Å². The fourth-order valence-corrected chi connectivity index (χ4v) is 1.07. The van der Waals surface area contributed by atoms with Crippen LogP contribution in [-0.2, 0) is 4.74 Å². The molecule has 4 heteroatoms. The molecule has 3 nitrogen and oxygen atoms in total. The summed E-state index contributed by atoms with van der Waals surface area (Å²) in [6.07, 6.45) is -0.0324. The minimum absolute atomic E-state index is 0. The van der Waals surface area contributed by atoms with Gasteiger partial charge in [0.05, 0.1) is 14.1 Å². The summed E-state index contributed by atoms with van der Waals surface area (Å²) in [6, 6.07) is 0. The van der Waals surface area contributed by atoms with Crippen LogP contribution in [0.2, 0.25) is 0 Å². The first-order chi connectivity index (χ1) is 4.02. The van der Waals surface area contributed by atoms with Crippen molar-refractivity contribution < 1.29 is 26.4 Å². The summed E-state index contributed by atoms with van der Waals surface area (Å²) >= 11 is 0. The Hall–Kier alpha value is -0.280. The number of hydrogen-bond acceptors (Lipinski definition) is 2. The molecule has 1 unspecified atom stereocenters. The summed E-state index contributed by atoms with van der Waals surface area (Å²) in [7, 11) is 3.71. The third-order valence-corrected chi connectivity index (χ3v) is 1.51. The Kier molecular flexibility index (Phi) is 2.68. The van der Waals surface area contributed by atoms with Gasteiger partial charge in [-0.25, -0.2) is 4.48 Å². The van der Waals surface area contributed by atoms with Crippen molar-refractivity contribution in [3.63, 3.8) is 0 Å². The number of amides is 1. The number of rotatable bonds is 0. The molecule has 0 bridgehead atoms. The zero-order valence-electron chi connectivity index (χ0n) is 6.43. The van der Waals surface area contributed by atoms with Gasteiger partial charge >= 0.3 is 6.09 Å². The molecule has 60 valence electrons. The van der Waals surface area contributed by atoms with Gasteiger partial charge in [0.2, 0.25) is 0 Å². The lowest BCUT2D eigenvalue weighted by molar-refractivity contribution is -0.801. The van der Waals surface area contributed by atoms with Crippen molar-refractivity contribution in [3.05, 3.63) is 0 Å². The van der Waals surface area contributed by atoms with Gasteiger partial charge in [-0.15, -0.1) is 0 Å². The molecule has 0 aromatic carbocycles. The second kappa shape index (κ2) is 2.76. The van der Waals surface area contributed by atoms with E-state index in [1.807, 2.05) is 21.0 Å². The van der Waals surface area contributed by atoms with Crippen LogP contribution in [0.15, 0.2) is 0 Å². The molecule has 0 radical (unpaired) electrons. The van der Waals surface area contributed by atoms with Crippen molar-refractivity contribution in [2.75, 3.05) is 20.6 Å². The van der Waals surface area contributed by atoms with Gasteiger partial charge < -0.3 is 17.1 Å². The van der Waals surface area contributed by atoms with Crippen molar-refractivity contribution in [2.24, 2.45) is 0 Å². The monoisotopic (exact) mass is 165 g/mol. The SMILES string of the molecule is CC1C[N+](C)(C)C(=O)O1.[Cl-]. The second-order valence-electron chi connectivity index (χ2n) is 3.06. The van der Waals surface area contributed by atoms with Crippen LogP contribution in [0.4, 0.5) is 4.79 Å². The largest absolute Gasteiger partial charge is 1.00 e. The minimum Gasteiger partial charge on any atom is -1.00 e. The van der Waals surface area contributed by atoms with Crippen LogP contribution in [0.5, 0.6) is 0 Å². The number of halogens is 1. The molecule has 1 saturated heterocycles. The number of cyclic esters (lactones) is 1. The van der Waals surface area contributed by atoms with E-state index in [0.717, 1.165) is 6.54 Å². The van der Waals surface area contributed by atoms with E-state index in [-0.39, 0.29) is 24.6 Å². The van der Waals surface area contributed by atoms with Crippen LogP contribution in [-0.4, -0.2) is 37.3 Å². The van der Waals surface area contributed by atoms with E-state index < -0.39 is 0 Å². The van der Waals surface area contributed by atoms with Gasteiger partial charge in [-0.3, -0.25) is 0 Å². The highest BCUT2D eigenvalue weighted by molar-refractivity contribution is 5.61. The van der Waals surface area contributed by atoms with Gasteiger partial charge in [0.15, 0.2) is 6.10 Å². The van der Waals surface area contributed by atoms with E-state index in [0.29, 0.717) is 4.48 Å². The van der Waals surface area contributed by atoms with Crippen molar-refractivity contribution in [1.82, 2.24) is 0 Å². The average Bonchev–Trinajstić information content (AvgIpc) is 1.79. The summed E-state index contributed by atoms with van der Waals surface area (Å²) < 4.78 is 5.27. The zero-order valence-corrected chi connectivity index (χ0v) is 7.18. The molecule has 1 fully saturated rings. The van der Waals surface area contributed by atoms with Crippen molar-refractivity contribution in [2.45, 2.75) is 13.0 Å². The number of carbonyl (C=O) groups excluding carboxylic acids is 1. The van der Waals surface area contributed by atoms with Gasteiger partial charge in [0, 0.05) is 0 Å². The number of nitrogens with zero attached hydrogens (tertiary/aromatic N) is 1. The molecule has 1 atom stereocenters. The van der Waals surface area contributed by atoms with Crippen molar-refractivity contribution >= 4 is 6.09 Å². The standard InChI is InChI=1S/C6H12NO2.ClH/c1-5-4-7(2,3)6(8)9-5;/h5H,4H2,1-3H3;1H/q+1;/p-1. The van der Waals surface area contributed by atoms with Gasteiger partial charge in [-0.05, 0) is 6.92 Å². The topological polar surface area (TPSA) is 26.3 Å². The second-order valence-corrected chi connectivity index (χ2v) is 3.06. The first-order valence-corrected chi connectivity index (χ1v) is 3.06. The molecule has 1 rings (SSSR count). The van der Waals surface area contributed by atoms with E-state index in [1.165, 1.54) is 0 Å². The van der Waals surface area contributed by atoms with Crippen molar-refractivity contribution in [1.29, 1.82) is 0 Å². The summed E-state index contributed by atoms with van der Waals surface area (Å²) in [5.74, 6) is 0. The summed E-state index contributed by atoms with van der Waals surface area (Å²) in [4.78, 5) is 10.9. The lowest BCUT2D eigenvalue weighted by Crippen LogP contribution is -3.00. The molecule has 0 aliphatic carbocycles. The molecule has 1 heterocycles. The molecule has 0 spiro atoms. The molecule has 1 amide bonds. The number of ether oxygens (including phenoxy) is 1.